The zero-order valence-electron chi connectivity index (χ0n) is 13.7. The molecular weight excluding hydrogens is 355 g/mol. The molecule has 7 heteroatoms. The summed E-state index contributed by atoms with van der Waals surface area (Å²) in [5.41, 5.74) is -0.0200. The van der Waals surface area contributed by atoms with Gasteiger partial charge in [-0.15, -0.1) is 0 Å². The highest BCUT2D eigenvalue weighted by Crippen LogP contribution is 2.36. The van der Waals surface area contributed by atoms with Gasteiger partial charge in [-0.1, -0.05) is 41.9 Å². The predicted octanol–water partition coefficient (Wildman–Crippen LogP) is 4.79. The van der Waals surface area contributed by atoms with Crippen LogP contribution in [0.1, 0.15) is 29.5 Å². The van der Waals surface area contributed by atoms with E-state index in [0.717, 1.165) is 6.07 Å². The Bertz CT molecular complexity index is 762. The Hall–Kier alpha value is -2.21. The van der Waals surface area contributed by atoms with E-state index >= 15 is 0 Å². The van der Waals surface area contributed by atoms with Crippen molar-refractivity contribution in [1.29, 1.82) is 0 Å². The number of ether oxygens (including phenoxy) is 1. The number of carbonyl (C=O) groups is 1. The van der Waals surface area contributed by atoms with Crippen LogP contribution in [0.25, 0.3) is 0 Å². The van der Waals surface area contributed by atoms with Crippen LogP contribution in [-0.4, -0.2) is 13.0 Å². The van der Waals surface area contributed by atoms with Crippen molar-refractivity contribution in [2.24, 2.45) is 0 Å². The molecule has 25 heavy (non-hydrogen) atoms. The molecule has 1 N–H and O–H groups in total. The average molecular weight is 372 g/mol. The van der Waals surface area contributed by atoms with Gasteiger partial charge in [-0.2, -0.15) is 13.2 Å². The average Bonchev–Trinajstić information content (AvgIpc) is 2.58. The number of carbonyl (C=O) groups excluding carboxylic acids is 1. The number of halogens is 4. The summed E-state index contributed by atoms with van der Waals surface area (Å²) in [5.74, 6) is -0.291. The fourth-order valence-electron chi connectivity index (χ4n) is 2.44. The van der Waals surface area contributed by atoms with Gasteiger partial charge in [0.05, 0.1) is 23.6 Å². The Morgan fingerprint density at radius 2 is 1.88 bits per heavy atom. The molecule has 0 fully saturated rings. The third-order valence-corrected chi connectivity index (χ3v) is 4.28. The summed E-state index contributed by atoms with van der Waals surface area (Å²) in [6.45, 7) is 1.60. The van der Waals surface area contributed by atoms with E-state index in [2.05, 4.69) is 5.32 Å². The standard InChI is InChI=1S/C18H17ClF3NO2/c1-11(13-7-3-4-9-15(13)25-2)17(24)23-10-12-6-5-8-14(16(12)19)18(20,21)22/h3-9,11H,10H2,1-2H3,(H,23,24). The molecule has 0 radical (unpaired) electrons. The van der Waals surface area contributed by atoms with Gasteiger partial charge in [0, 0.05) is 12.1 Å². The van der Waals surface area contributed by atoms with E-state index in [-0.39, 0.29) is 18.0 Å². The molecule has 0 heterocycles. The zero-order valence-corrected chi connectivity index (χ0v) is 14.4. The van der Waals surface area contributed by atoms with Crippen LogP contribution in [0.3, 0.4) is 0 Å². The Morgan fingerprint density at radius 1 is 1.20 bits per heavy atom. The molecule has 0 aliphatic rings. The lowest BCUT2D eigenvalue weighted by Crippen LogP contribution is -2.28. The molecule has 1 amide bonds. The maximum atomic E-state index is 12.9. The number of hydrogen-bond donors (Lipinski definition) is 1. The third-order valence-electron chi connectivity index (χ3n) is 3.84. The largest absolute Gasteiger partial charge is 0.496 e. The van der Waals surface area contributed by atoms with Gasteiger partial charge in [-0.3, -0.25) is 4.79 Å². The number of nitrogens with one attached hydrogen (secondary N) is 1. The van der Waals surface area contributed by atoms with Crippen molar-refractivity contribution in [3.8, 4) is 5.75 Å². The van der Waals surface area contributed by atoms with Gasteiger partial charge in [0.2, 0.25) is 5.91 Å². The monoisotopic (exact) mass is 371 g/mol. The number of methoxy groups -OCH3 is 1. The normalized spacial score (nSPS) is 12.6. The molecule has 1 unspecified atom stereocenters. The van der Waals surface area contributed by atoms with Gasteiger partial charge in [0.25, 0.3) is 0 Å². The minimum Gasteiger partial charge on any atom is -0.496 e. The van der Waals surface area contributed by atoms with Crippen molar-refractivity contribution in [3.63, 3.8) is 0 Å². The Labute approximate surface area is 148 Å². The van der Waals surface area contributed by atoms with Crippen LogP contribution in [0, 0.1) is 0 Å². The molecule has 0 aliphatic heterocycles. The van der Waals surface area contributed by atoms with Crippen molar-refractivity contribution in [1.82, 2.24) is 5.32 Å². The number of amides is 1. The van der Waals surface area contributed by atoms with E-state index in [4.69, 9.17) is 16.3 Å². The number of hydrogen-bond acceptors (Lipinski definition) is 2. The highest BCUT2D eigenvalue weighted by atomic mass is 35.5. The van der Waals surface area contributed by atoms with Gasteiger partial charge in [0.1, 0.15) is 5.75 Å². The van der Waals surface area contributed by atoms with Crippen LogP contribution in [-0.2, 0) is 17.5 Å². The smallest absolute Gasteiger partial charge is 0.417 e. The van der Waals surface area contributed by atoms with Crippen LogP contribution in [0.2, 0.25) is 5.02 Å². The molecule has 2 aromatic carbocycles. The summed E-state index contributed by atoms with van der Waals surface area (Å²) >= 11 is 5.83. The van der Waals surface area contributed by atoms with E-state index < -0.39 is 22.7 Å². The Morgan fingerprint density at radius 3 is 2.52 bits per heavy atom. The van der Waals surface area contributed by atoms with Gasteiger partial charge in [-0.25, -0.2) is 0 Å². The van der Waals surface area contributed by atoms with E-state index in [1.807, 2.05) is 0 Å². The first-order valence-electron chi connectivity index (χ1n) is 7.51. The lowest BCUT2D eigenvalue weighted by atomic mass is 9.99. The molecule has 3 nitrogen and oxygen atoms in total. The topological polar surface area (TPSA) is 38.3 Å². The van der Waals surface area contributed by atoms with Gasteiger partial charge < -0.3 is 10.1 Å². The fourth-order valence-corrected chi connectivity index (χ4v) is 2.74. The van der Waals surface area contributed by atoms with Crippen molar-refractivity contribution in [3.05, 3.63) is 64.2 Å². The summed E-state index contributed by atoms with van der Waals surface area (Å²) in [7, 11) is 1.51. The molecule has 0 aromatic heterocycles. The molecule has 0 saturated carbocycles. The predicted molar refractivity (Wildman–Crippen MR) is 89.7 cm³/mol. The molecule has 2 rings (SSSR count). The number of benzene rings is 2. The first-order valence-corrected chi connectivity index (χ1v) is 7.88. The molecule has 1 atom stereocenters. The van der Waals surface area contributed by atoms with Crippen molar-refractivity contribution >= 4 is 17.5 Å². The minimum atomic E-state index is -4.54. The summed E-state index contributed by atoms with van der Waals surface area (Å²) in [4.78, 5) is 12.3. The number of para-hydroxylation sites is 1. The molecule has 0 aliphatic carbocycles. The number of alkyl halides is 3. The summed E-state index contributed by atoms with van der Waals surface area (Å²) in [6.07, 6.45) is -4.54. The first kappa shape index (κ1) is 19.1. The molecule has 0 spiro atoms. The molecule has 134 valence electrons. The van der Waals surface area contributed by atoms with Gasteiger partial charge in [0.15, 0.2) is 0 Å². The quantitative estimate of drug-likeness (QED) is 0.820. The van der Waals surface area contributed by atoms with E-state index in [9.17, 15) is 18.0 Å². The molecule has 2 aromatic rings. The Kier molecular flexibility index (Phi) is 5.95. The maximum Gasteiger partial charge on any atom is 0.417 e. The maximum absolute atomic E-state index is 12.9. The lowest BCUT2D eigenvalue weighted by molar-refractivity contribution is -0.137. The molecule has 0 bridgehead atoms. The first-order chi connectivity index (χ1) is 11.8. The van der Waals surface area contributed by atoms with Gasteiger partial charge in [-0.05, 0) is 24.6 Å². The summed E-state index contributed by atoms with van der Waals surface area (Å²) < 4.78 is 43.9. The van der Waals surface area contributed by atoms with Crippen LogP contribution >= 0.6 is 11.6 Å². The van der Waals surface area contributed by atoms with Crippen molar-refractivity contribution in [2.75, 3.05) is 7.11 Å². The van der Waals surface area contributed by atoms with Crippen LogP contribution < -0.4 is 10.1 Å². The SMILES string of the molecule is COc1ccccc1C(C)C(=O)NCc1cccc(C(F)(F)F)c1Cl. The summed E-state index contributed by atoms with van der Waals surface area (Å²) in [6, 6.07) is 10.7. The van der Waals surface area contributed by atoms with Crippen LogP contribution in [0.4, 0.5) is 13.2 Å². The number of rotatable bonds is 5. The fraction of sp³-hybridized carbons (Fsp3) is 0.278. The molecular formula is C18H17ClF3NO2. The highest BCUT2D eigenvalue weighted by molar-refractivity contribution is 6.32. The van der Waals surface area contributed by atoms with Crippen molar-refractivity contribution < 1.29 is 22.7 Å². The highest BCUT2D eigenvalue weighted by Gasteiger charge is 2.33. The second-order valence-corrected chi connectivity index (χ2v) is 5.84. The molecule has 0 saturated heterocycles. The van der Waals surface area contributed by atoms with Gasteiger partial charge >= 0.3 is 6.18 Å². The van der Waals surface area contributed by atoms with E-state index in [0.29, 0.717) is 11.3 Å². The zero-order chi connectivity index (χ0) is 18.6. The van der Waals surface area contributed by atoms with Crippen molar-refractivity contribution in [2.45, 2.75) is 25.6 Å². The van der Waals surface area contributed by atoms with Crippen LogP contribution in [0.15, 0.2) is 42.5 Å². The van der Waals surface area contributed by atoms with Crippen LogP contribution in [0.5, 0.6) is 5.75 Å². The third kappa shape index (κ3) is 4.45. The summed E-state index contributed by atoms with van der Waals surface area (Å²) in [5, 5.41) is 2.22. The second-order valence-electron chi connectivity index (χ2n) is 5.46. The van der Waals surface area contributed by atoms with E-state index in [1.165, 1.54) is 19.2 Å². The second kappa shape index (κ2) is 7.78. The van der Waals surface area contributed by atoms with E-state index in [1.54, 1.807) is 31.2 Å². The Balaban J connectivity index is 2.13. The lowest BCUT2D eigenvalue weighted by Gasteiger charge is -2.17. The minimum absolute atomic E-state index is 0.0962.